The molecule has 0 fully saturated rings. The summed E-state index contributed by atoms with van der Waals surface area (Å²) in [7, 11) is 0. The molecule has 3 heterocycles. The van der Waals surface area contributed by atoms with Gasteiger partial charge in [0.25, 0.3) is 0 Å². The van der Waals surface area contributed by atoms with Crippen LogP contribution in [0, 0.1) is 11.3 Å². The first-order valence-corrected chi connectivity index (χ1v) is 8.92. The van der Waals surface area contributed by atoms with Crippen molar-refractivity contribution in [3.05, 3.63) is 70.7 Å². The van der Waals surface area contributed by atoms with Crippen molar-refractivity contribution in [1.29, 1.82) is 5.26 Å². The lowest BCUT2D eigenvalue weighted by Gasteiger charge is -2.33. The SMILES string of the molecule is N#CC1=C(N)OC2=C(C(=O)CC(c3ccco3)C2)C1c1ccc2c(c1)OCO2. The highest BCUT2D eigenvalue weighted by molar-refractivity contribution is 6.00. The molecule has 5 rings (SSSR count). The summed E-state index contributed by atoms with van der Waals surface area (Å²) in [5, 5.41) is 9.69. The van der Waals surface area contributed by atoms with Gasteiger partial charge in [-0.2, -0.15) is 5.26 Å². The molecule has 2 unspecified atom stereocenters. The molecule has 7 nitrogen and oxygen atoms in total. The first kappa shape index (κ1) is 16.5. The molecule has 1 aromatic heterocycles. The van der Waals surface area contributed by atoms with Crippen LogP contribution in [0.2, 0.25) is 0 Å². The van der Waals surface area contributed by atoms with Crippen molar-refractivity contribution in [1.82, 2.24) is 0 Å². The second kappa shape index (κ2) is 6.20. The zero-order valence-corrected chi connectivity index (χ0v) is 14.8. The largest absolute Gasteiger partial charge is 0.469 e. The number of ketones is 1. The van der Waals surface area contributed by atoms with Gasteiger partial charge in [-0.3, -0.25) is 4.79 Å². The van der Waals surface area contributed by atoms with Gasteiger partial charge >= 0.3 is 0 Å². The molecule has 2 aliphatic heterocycles. The van der Waals surface area contributed by atoms with E-state index in [1.54, 1.807) is 24.5 Å². The van der Waals surface area contributed by atoms with Gasteiger partial charge in [-0.25, -0.2) is 0 Å². The fourth-order valence-corrected chi connectivity index (χ4v) is 4.06. The van der Waals surface area contributed by atoms with Crippen LogP contribution in [0.1, 0.15) is 36.0 Å². The molecule has 0 saturated heterocycles. The summed E-state index contributed by atoms with van der Waals surface area (Å²) in [6.45, 7) is 0.146. The first-order chi connectivity index (χ1) is 13.7. The number of hydrogen-bond donors (Lipinski definition) is 1. The molecule has 0 bridgehead atoms. The summed E-state index contributed by atoms with van der Waals surface area (Å²) in [6.07, 6.45) is 2.35. The quantitative estimate of drug-likeness (QED) is 0.857. The average Bonchev–Trinajstić information content (AvgIpc) is 3.38. The van der Waals surface area contributed by atoms with Crippen LogP contribution in [0.4, 0.5) is 0 Å². The van der Waals surface area contributed by atoms with E-state index in [1.807, 2.05) is 12.1 Å². The summed E-state index contributed by atoms with van der Waals surface area (Å²) in [5.41, 5.74) is 7.50. The Morgan fingerprint density at radius 1 is 1.14 bits per heavy atom. The van der Waals surface area contributed by atoms with Crippen molar-refractivity contribution in [2.45, 2.75) is 24.7 Å². The zero-order chi connectivity index (χ0) is 19.3. The zero-order valence-electron chi connectivity index (χ0n) is 14.8. The first-order valence-electron chi connectivity index (χ1n) is 8.92. The molecule has 28 heavy (non-hydrogen) atoms. The molecule has 7 heteroatoms. The predicted molar refractivity (Wildman–Crippen MR) is 95.9 cm³/mol. The molecule has 2 atom stereocenters. The molecule has 0 spiro atoms. The molecule has 1 aromatic carbocycles. The van der Waals surface area contributed by atoms with Gasteiger partial charge in [-0.05, 0) is 29.8 Å². The number of rotatable bonds is 2. The lowest BCUT2D eigenvalue weighted by atomic mass is 9.74. The van der Waals surface area contributed by atoms with E-state index in [4.69, 9.17) is 24.4 Å². The van der Waals surface area contributed by atoms with Crippen LogP contribution in [0.25, 0.3) is 0 Å². The van der Waals surface area contributed by atoms with Gasteiger partial charge in [0.05, 0.1) is 12.2 Å². The Balaban J connectivity index is 1.60. The van der Waals surface area contributed by atoms with Gasteiger partial charge in [-0.1, -0.05) is 6.07 Å². The Kier molecular flexibility index (Phi) is 3.66. The highest BCUT2D eigenvalue weighted by Gasteiger charge is 2.41. The van der Waals surface area contributed by atoms with Crippen molar-refractivity contribution in [2.24, 2.45) is 5.73 Å². The number of nitriles is 1. The average molecular weight is 376 g/mol. The smallest absolute Gasteiger partial charge is 0.231 e. The van der Waals surface area contributed by atoms with Gasteiger partial charge in [0.1, 0.15) is 23.2 Å². The Morgan fingerprint density at radius 2 is 2.00 bits per heavy atom. The Morgan fingerprint density at radius 3 is 2.79 bits per heavy atom. The van der Waals surface area contributed by atoms with Crippen molar-refractivity contribution in [3.63, 3.8) is 0 Å². The van der Waals surface area contributed by atoms with E-state index in [-0.39, 0.29) is 36.4 Å². The highest BCUT2D eigenvalue weighted by Crippen LogP contribution is 2.48. The number of fused-ring (bicyclic) bond motifs is 1. The van der Waals surface area contributed by atoms with E-state index in [1.165, 1.54) is 0 Å². The number of ether oxygens (including phenoxy) is 3. The second-order valence-corrected chi connectivity index (χ2v) is 6.92. The van der Waals surface area contributed by atoms with Crippen molar-refractivity contribution in [2.75, 3.05) is 6.79 Å². The third kappa shape index (κ3) is 2.46. The number of nitrogens with two attached hydrogens (primary N) is 1. The number of carbonyl (C=O) groups excluding carboxylic acids is 1. The number of benzene rings is 1. The second-order valence-electron chi connectivity index (χ2n) is 6.92. The molecule has 2 aromatic rings. The minimum Gasteiger partial charge on any atom is -0.469 e. The molecule has 0 saturated carbocycles. The summed E-state index contributed by atoms with van der Waals surface area (Å²) in [6, 6.07) is 11.1. The molecule has 1 aliphatic carbocycles. The van der Waals surface area contributed by atoms with E-state index >= 15 is 0 Å². The van der Waals surface area contributed by atoms with Crippen LogP contribution in [0.15, 0.2) is 63.8 Å². The fraction of sp³-hybridized carbons (Fsp3) is 0.238. The third-order valence-corrected chi connectivity index (χ3v) is 5.34. The normalized spacial score (nSPS) is 23.3. The summed E-state index contributed by atoms with van der Waals surface area (Å²) < 4.78 is 22.0. The molecule has 0 radical (unpaired) electrons. The molecule has 140 valence electrons. The highest BCUT2D eigenvalue weighted by atomic mass is 16.7. The van der Waals surface area contributed by atoms with Crippen LogP contribution in [-0.2, 0) is 9.53 Å². The summed E-state index contributed by atoms with van der Waals surface area (Å²) in [4.78, 5) is 13.1. The van der Waals surface area contributed by atoms with Gasteiger partial charge < -0.3 is 24.4 Å². The summed E-state index contributed by atoms with van der Waals surface area (Å²) >= 11 is 0. The van der Waals surface area contributed by atoms with Crippen LogP contribution < -0.4 is 15.2 Å². The third-order valence-electron chi connectivity index (χ3n) is 5.34. The maximum atomic E-state index is 13.1. The fourth-order valence-electron chi connectivity index (χ4n) is 4.06. The van der Waals surface area contributed by atoms with Crippen LogP contribution >= 0.6 is 0 Å². The van der Waals surface area contributed by atoms with Crippen LogP contribution in [0.5, 0.6) is 11.5 Å². The Hall–Kier alpha value is -3.66. The number of allylic oxidation sites excluding steroid dienone is 3. The van der Waals surface area contributed by atoms with Gasteiger partial charge in [0.15, 0.2) is 17.3 Å². The maximum Gasteiger partial charge on any atom is 0.231 e. The number of hydrogen-bond acceptors (Lipinski definition) is 7. The number of Topliss-reactive ketones (excluding diaryl/α,β-unsaturated/α-hetero) is 1. The van der Waals surface area contributed by atoms with Gasteiger partial charge in [0.2, 0.25) is 12.7 Å². The number of nitrogens with zero attached hydrogens (tertiary/aromatic N) is 1. The van der Waals surface area contributed by atoms with E-state index in [0.29, 0.717) is 29.3 Å². The topological polar surface area (TPSA) is 108 Å². The van der Waals surface area contributed by atoms with E-state index < -0.39 is 5.92 Å². The number of furan rings is 1. The van der Waals surface area contributed by atoms with Crippen LogP contribution in [-0.4, -0.2) is 12.6 Å². The van der Waals surface area contributed by atoms with E-state index in [9.17, 15) is 10.1 Å². The molecule has 0 amide bonds. The standard InChI is InChI=1S/C21H16N2O5/c22-9-13-19(11-3-4-16-17(7-11)27-10-26-16)20-14(24)6-12(15-2-1-5-25-15)8-18(20)28-21(13)23/h1-5,7,12,19H,6,8,10,23H2. The Labute approximate surface area is 160 Å². The monoisotopic (exact) mass is 376 g/mol. The van der Waals surface area contributed by atoms with E-state index in [0.717, 1.165) is 11.3 Å². The number of carbonyl (C=O) groups is 1. The predicted octanol–water partition coefficient (Wildman–Crippen LogP) is 3.22. The minimum absolute atomic E-state index is 0.0248. The van der Waals surface area contributed by atoms with Gasteiger partial charge in [-0.15, -0.1) is 0 Å². The van der Waals surface area contributed by atoms with E-state index in [2.05, 4.69) is 6.07 Å². The van der Waals surface area contributed by atoms with Crippen LogP contribution in [0.3, 0.4) is 0 Å². The Bertz CT molecular complexity index is 1070. The molecular weight excluding hydrogens is 360 g/mol. The molecule has 3 aliphatic rings. The minimum atomic E-state index is -0.590. The van der Waals surface area contributed by atoms with Gasteiger partial charge in [0, 0.05) is 24.3 Å². The van der Waals surface area contributed by atoms with Crippen molar-refractivity contribution >= 4 is 5.78 Å². The molecular formula is C21H16N2O5. The maximum absolute atomic E-state index is 13.1. The van der Waals surface area contributed by atoms with Crippen molar-refractivity contribution < 1.29 is 23.4 Å². The lowest BCUT2D eigenvalue weighted by molar-refractivity contribution is -0.117. The lowest BCUT2D eigenvalue weighted by Crippen LogP contribution is -2.29. The summed E-state index contributed by atoms with van der Waals surface area (Å²) in [5.74, 6) is 1.69. The molecule has 2 N–H and O–H groups in total. The van der Waals surface area contributed by atoms with Crippen molar-refractivity contribution in [3.8, 4) is 17.6 Å².